The quantitative estimate of drug-likeness (QED) is 0.591. The summed E-state index contributed by atoms with van der Waals surface area (Å²) in [6.45, 7) is 0. The highest BCUT2D eigenvalue weighted by atomic mass is 35.5. The molecular weight excluding hydrogens is 428 g/mol. The zero-order chi connectivity index (χ0) is 22.3. The number of anilines is 1. The van der Waals surface area contributed by atoms with E-state index in [1.165, 1.54) is 31.0 Å². The molecule has 0 bridgehead atoms. The van der Waals surface area contributed by atoms with Crippen LogP contribution in [0.25, 0.3) is 5.57 Å². The smallest absolute Gasteiger partial charge is 0.291 e. The van der Waals surface area contributed by atoms with E-state index in [2.05, 4.69) is 26.7 Å². The van der Waals surface area contributed by atoms with Crippen molar-refractivity contribution in [1.29, 1.82) is 0 Å². The maximum atomic E-state index is 12.7. The summed E-state index contributed by atoms with van der Waals surface area (Å²) >= 11 is 5.87. The Bertz CT molecular complexity index is 1120. The third kappa shape index (κ3) is 4.09. The second-order valence-electron chi connectivity index (χ2n) is 9.20. The molecule has 3 amide bonds. The van der Waals surface area contributed by atoms with E-state index >= 15 is 0 Å². The lowest BCUT2D eigenvalue weighted by Crippen LogP contribution is -2.37. The average Bonchev–Trinajstić information content (AvgIpc) is 3.19. The van der Waals surface area contributed by atoms with Gasteiger partial charge in [0.05, 0.1) is 6.20 Å². The summed E-state index contributed by atoms with van der Waals surface area (Å²) in [5, 5.41) is 5.62. The van der Waals surface area contributed by atoms with Gasteiger partial charge < -0.3 is 10.3 Å². The largest absolute Gasteiger partial charge is 0.325 e. The van der Waals surface area contributed by atoms with Gasteiger partial charge in [-0.25, -0.2) is 4.98 Å². The van der Waals surface area contributed by atoms with Crippen molar-refractivity contribution in [1.82, 2.24) is 15.3 Å². The number of imide groups is 1. The lowest BCUT2D eigenvalue weighted by Gasteiger charge is -2.44. The number of allylic oxidation sites excluding steroid dienone is 2. The number of carbonyl (C=O) groups excluding carboxylic acids is 3. The van der Waals surface area contributed by atoms with E-state index in [9.17, 15) is 14.4 Å². The highest BCUT2D eigenvalue weighted by Crippen LogP contribution is 2.52. The summed E-state index contributed by atoms with van der Waals surface area (Å²) in [6, 6.07) is 5.78. The number of imidazole rings is 1. The first-order valence-electron chi connectivity index (χ1n) is 11.1. The van der Waals surface area contributed by atoms with Gasteiger partial charge in [-0.05, 0) is 60.8 Å². The number of rotatable bonds is 4. The number of amides is 3. The van der Waals surface area contributed by atoms with Crippen LogP contribution in [0.3, 0.4) is 0 Å². The van der Waals surface area contributed by atoms with E-state index in [-0.39, 0.29) is 42.3 Å². The molecule has 1 aliphatic heterocycles. The SMILES string of the molecule is O=C1CC(c2ccc(NC(=O)c3ncc(Cl)[nH]3)c(C3=CCC4(CCC4)CC3)c2)CC(=O)N1. The van der Waals surface area contributed by atoms with E-state index in [0.29, 0.717) is 16.3 Å². The number of hydrogen-bond acceptors (Lipinski definition) is 4. The normalized spacial score (nSPS) is 20.5. The maximum absolute atomic E-state index is 12.7. The van der Waals surface area contributed by atoms with Gasteiger partial charge in [-0.2, -0.15) is 0 Å². The van der Waals surface area contributed by atoms with E-state index in [4.69, 9.17) is 11.6 Å². The predicted octanol–water partition coefficient (Wildman–Crippen LogP) is 4.57. The molecule has 2 aliphatic carbocycles. The second-order valence-corrected chi connectivity index (χ2v) is 9.61. The molecule has 2 aromatic rings. The molecule has 8 heteroatoms. The second kappa shape index (κ2) is 8.20. The molecular formula is C24H25ClN4O3. The van der Waals surface area contributed by atoms with Gasteiger partial charge in [-0.1, -0.05) is 30.2 Å². The Kier molecular flexibility index (Phi) is 5.37. The molecule has 1 saturated heterocycles. The molecule has 2 fully saturated rings. The first-order valence-corrected chi connectivity index (χ1v) is 11.5. The molecule has 1 aromatic carbocycles. The van der Waals surface area contributed by atoms with Crippen molar-refractivity contribution >= 4 is 40.6 Å². The van der Waals surface area contributed by atoms with Crippen molar-refractivity contribution < 1.29 is 14.4 Å². The van der Waals surface area contributed by atoms with E-state index < -0.39 is 0 Å². The molecule has 2 heterocycles. The summed E-state index contributed by atoms with van der Waals surface area (Å²) < 4.78 is 0. The van der Waals surface area contributed by atoms with E-state index in [1.54, 1.807) is 0 Å². The molecule has 0 radical (unpaired) electrons. The summed E-state index contributed by atoms with van der Waals surface area (Å²) in [5.74, 6) is -0.881. The molecule has 32 heavy (non-hydrogen) atoms. The van der Waals surface area contributed by atoms with Crippen LogP contribution < -0.4 is 10.6 Å². The van der Waals surface area contributed by atoms with E-state index in [0.717, 1.165) is 30.4 Å². The van der Waals surface area contributed by atoms with Gasteiger partial charge in [0, 0.05) is 30.0 Å². The summed E-state index contributed by atoms with van der Waals surface area (Å²) in [7, 11) is 0. The number of halogens is 1. The number of carbonyl (C=O) groups is 3. The standard InChI is InChI=1S/C24H25ClN4O3/c25-19-13-26-22(28-19)23(32)27-18-3-2-15(16-11-20(30)29-21(31)12-16)10-17(18)14-4-8-24(9-5-14)6-1-7-24/h2-4,10,13,16H,1,5-9,11-12H2,(H,26,28)(H,27,32)(H,29,30,31). The van der Waals surface area contributed by atoms with Gasteiger partial charge in [0.1, 0.15) is 5.15 Å². The van der Waals surface area contributed by atoms with Crippen molar-refractivity contribution in [3.63, 3.8) is 0 Å². The highest BCUT2D eigenvalue weighted by molar-refractivity contribution is 6.29. The molecule has 7 nitrogen and oxygen atoms in total. The first-order chi connectivity index (χ1) is 15.4. The topological polar surface area (TPSA) is 104 Å². The third-order valence-electron chi connectivity index (χ3n) is 7.13. The van der Waals surface area contributed by atoms with Crippen molar-refractivity contribution in [2.24, 2.45) is 5.41 Å². The first kappa shape index (κ1) is 20.9. The Labute approximate surface area is 191 Å². The molecule has 0 atom stereocenters. The Hall–Kier alpha value is -2.93. The predicted molar refractivity (Wildman–Crippen MR) is 121 cm³/mol. The van der Waals surface area contributed by atoms with Crippen molar-refractivity contribution in [3.05, 3.63) is 52.6 Å². The Balaban J connectivity index is 1.47. The van der Waals surface area contributed by atoms with Crippen LogP contribution in [0.15, 0.2) is 30.5 Å². The summed E-state index contributed by atoms with van der Waals surface area (Å²) in [5.41, 5.74) is 4.23. The fourth-order valence-corrected chi connectivity index (χ4v) is 5.26. The Morgan fingerprint density at radius 1 is 1.16 bits per heavy atom. The minimum atomic E-state index is -0.370. The number of nitrogens with one attached hydrogen (secondary N) is 3. The van der Waals surface area contributed by atoms with Crippen molar-refractivity contribution in [2.45, 2.75) is 57.3 Å². The number of hydrogen-bond donors (Lipinski definition) is 3. The lowest BCUT2D eigenvalue weighted by molar-refractivity contribution is -0.133. The molecule has 3 N–H and O–H groups in total. The number of piperidine rings is 1. The minimum Gasteiger partial charge on any atom is -0.325 e. The van der Waals surface area contributed by atoms with E-state index in [1.807, 2.05) is 18.2 Å². The van der Waals surface area contributed by atoms with Gasteiger partial charge in [-0.15, -0.1) is 0 Å². The van der Waals surface area contributed by atoms with Crippen LogP contribution in [0.2, 0.25) is 5.15 Å². The Morgan fingerprint density at radius 3 is 2.53 bits per heavy atom. The molecule has 1 aromatic heterocycles. The van der Waals surface area contributed by atoms with Crippen LogP contribution in [-0.2, 0) is 9.59 Å². The molecule has 166 valence electrons. The molecule has 1 spiro atoms. The maximum Gasteiger partial charge on any atom is 0.291 e. The van der Waals surface area contributed by atoms with Crippen LogP contribution in [-0.4, -0.2) is 27.7 Å². The van der Waals surface area contributed by atoms with Gasteiger partial charge in [0.2, 0.25) is 11.8 Å². The zero-order valence-corrected chi connectivity index (χ0v) is 18.4. The number of aromatic nitrogens is 2. The molecule has 1 saturated carbocycles. The van der Waals surface area contributed by atoms with Crippen molar-refractivity contribution in [3.8, 4) is 0 Å². The van der Waals surface area contributed by atoms with Gasteiger partial charge >= 0.3 is 0 Å². The van der Waals surface area contributed by atoms with Crippen LogP contribution in [0.5, 0.6) is 0 Å². The number of H-pyrrole nitrogens is 1. The Morgan fingerprint density at radius 2 is 1.94 bits per heavy atom. The lowest BCUT2D eigenvalue weighted by atomic mass is 9.61. The number of nitrogens with zero attached hydrogens (tertiary/aromatic N) is 1. The monoisotopic (exact) mass is 452 g/mol. The highest BCUT2D eigenvalue weighted by Gasteiger charge is 2.38. The van der Waals surface area contributed by atoms with Crippen LogP contribution >= 0.6 is 11.6 Å². The van der Waals surface area contributed by atoms with Crippen LogP contribution in [0, 0.1) is 5.41 Å². The van der Waals surface area contributed by atoms with Gasteiger partial charge in [0.15, 0.2) is 5.82 Å². The molecule has 5 rings (SSSR count). The van der Waals surface area contributed by atoms with Crippen LogP contribution in [0.4, 0.5) is 5.69 Å². The molecule has 0 unspecified atom stereocenters. The van der Waals surface area contributed by atoms with Gasteiger partial charge in [0.25, 0.3) is 5.91 Å². The fraction of sp³-hybridized carbons (Fsp3) is 0.417. The summed E-state index contributed by atoms with van der Waals surface area (Å²) in [6.07, 6.45) is 11.3. The number of aromatic amines is 1. The zero-order valence-electron chi connectivity index (χ0n) is 17.7. The van der Waals surface area contributed by atoms with Crippen molar-refractivity contribution in [2.75, 3.05) is 5.32 Å². The van der Waals surface area contributed by atoms with Crippen LogP contribution in [0.1, 0.15) is 79.0 Å². The number of benzene rings is 1. The van der Waals surface area contributed by atoms with Gasteiger partial charge in [-0.3, -0.25) is 19.7 Å². The molecule has 3 aliphatic rings. The summed E-state index contributed by atoms with van der Waals surface area (Å²) in [4.78, 5) is 43.3. The minimum absolute atomic E-state index is 0.144. The average molecular weight is 453 g/mol. The fourth-order valence-electron chi connectivity index (χ4n) is 5.12. The third-order valence-corrected chi connectivity index (χ3v) is 7.32.